The summed E-state index contributed by atoms with van der Waals surface area (Å²) in [4.78, 5) is 98.3. The fourth-order valence-corrected chi connectivity index (χ4v) is 14.2. The Bertz CT molecular complexity index is 6110. The van der Waals surface area contributed by atoms with Gasteiger partial charge in [-0.1, -0.05) is 120 Å². The van der Waals surface area contributed by atoms with Gasteiger partial charge in [0.25, 0.3) is 40.9 Å². The Balaban J connectivity index is 0.000000329. The second-order valence-electron chi connectivity index (χ2n) is 25.6. The number of hydrogen-bond acceptors (Lipinski definition) is 38. The number of aliphatic hydroxyl groups excluding tert-OH is 1. The number of benzene rings is 3. The molecule has 9 heterocycles. The number of carbonyl (C=O) groups is 8. The van der Waals surface area contributed by atoms with Crippen molar-refractivity contribution in [3.8, 4) is 34.0 Å². The van der Waals surface area contributed by atoms with E-state index in [9.17, 15) is 80.4 Å². The molecule has 7 aromatic heterocycles. The van der Waals surface area contributed by atoms with Crippen LogP contribution in [0.4, 0.5) is 5.82 Å². The lowest BCUT2D eigenvalue weighted by Crippen LogP contribution is -2.35. The predicted octanol–water partition coefficient (Wildman–Crippen LogP) is 3.84. The van der Waals surface area contributed by atoms with Crippen LogP contribution >= 0.6 is 23.1 Å². The third kappa shape index (κ3) is 37.9. The number of Topliss-reactive ketones (excluding diaryl/α,β-unsaturated/α-hetero) is 1. The van der Waals surface area contributed by atoms with Crippen molar-refractivity contribution < 1.29 is 123 Å². The van der Waals surface area contributed by atoms with E-state index in [1.807, 2.05) is 97.9 Å². The number of aromatic amines is 4. The van der Waals surface area contributed by atoms with Crippen molar-refractivity contribution in [2.24, 2.45) is 21.5 Å². The number of carbonyl (C=O) groups excluding carboxylic acids is 7. The number of hydrogen-bond donors (Lipinski definition) is 15. The number of anilines is 1. The highest BCUT2D eigenvalue weighted by atomic mass is 35.7. The number of nitrogens with zero attached hydrogens (tertiary/aromatic N) is 9. The number of sulfonamides is 4. The Morgan fingerprint density at radius 3 is 1.14 bits per heavy atom. The van der Waals surface area contributed by atoms with E-state index in [2.05, 4.69) is 117 Å². The first-order valence-electron chi connectivity index (χ1n) is 39.2. The van der Waals surface area contributed by atoms with E-state index in [-0.39, 0.29) is 173 Å². The maximum Gasteiger partial charge on any atom is 0.358 e. The summed E-state index contributed by atoms with van der Waals surface area (Å²) in [7, 11) is -13.7. The Morgan fingerprint density at radius 2 is 0.812 bits per heavy atom. The van der Waals surface area contributed by atoms with Crippen LogP contribution in [0.2, 0.25) is 0 Å². The second-order valence-corrected chi connectivity index (χ2v) is 35.3. The number of aromatic nitrogens is 11. The molecule has 0 spiro atoms. The van der Waals surface area contributed by atoms with Crippen molar-refractivity contribution in [3.05, 3.63) is 195 Å². The van der Waals surface area contributed by atoms with E-state index < -0.39 is 90.8 Å². The number of nitrogen functional groups attached to an aromatic ring is 1. The van der Waals surface area contributed by atoms with Gasteiger partial charge in [-0.25, -0.2) is 85.0 Å². The topological polar surface area (TPSA) is 752 Å². The number of esters is 4. The molecule has 0 fully saturated rings. The van der Waals surface area contributed by atoms with Crippen LogP contribution in [0.15, 0.2) is 194 Å². The summed E-state index contributed by atoms with van der Waals surface area (Å²) in [6, 6.07) is 36.8. The number of ketones is 1. The molecule has 133 heavy (non-hydrogen) atoms. The molecular formula is C77H98Cl2N22O27S5. The molecule has 0 radical (unpaired) electrons. The Morgan fingerprint density at radius 1 is 0.444 bits per heavy atom. The zero-order chi connectivity index (χ0) is 97.6. The molecule has 49 nitrogen and oxygen atoms in total. The quantitative estimate of drug-likeness (QED) is 0.0115. The fourth-order valence-electron chi connectivity index (χ4n) is 9.42. The number of H-pyrrole nitrogens is 4. The smallest absolute Gasteiger partial charge is 0.358 e. The van der Waals surface area contributed by atoms with Crippen LogP contribution in [0.25, 0.3) is 34.0 Å². The largest absolute Gasteiger partial charge is 0.476 e. The van der Waals surface area contributed by atoms with Crippen LogP contribution in [0, 0.1) is 0 Å². The first-order valence-corrected chi connectivity index (χ1v) is 47.5. The van der Waals surface area contributed by atoms with Gasteiger partial charge < -0.3 is 70.6 Å². The van der Waals surface area contributed by atoms with Crippen molar-refractivity contribution >= 4 is 137 Å². The molecule has 56 heteroatoms. The van der Waals surface area contributed by atoms with Gasteiger partial charge in [-0.2, -0.15) is 20.4 Å². The molecule has 2 aliphatic heterocycles. The molecule has 2 aliphatic rings. The van der Waals surface area contributed by atoms with Gasteiger partial charge in [0.15, 0.2) is 72.3 Å². The normalized spacial score (nSPS) is 11.9. The van der Waals surface area contributed by atoms with E-state index in [4.69, 9.17) is 56.4 Å². The number of nitrogens with one attached hydrogen (secondary N) is 10. The SMILES string of the molecule is CC(=O)C1=NCC(S(=O)(=O)NCCNC(=O)c2cc(-c3ccccc3)on2)=C1.CCCN.CCCNS(=O)(=O)c1cc(C(=O)OCC)n[nH]1.CCOC(=O)c1cc(N)n[nH]1.CCOC(=O)c1cc(S(=O)(=O)Cl)[nH]n1.CCOC(=O)c1cc(S(=O)(=O)NCCN)[nH]n1.Cl.O=C(NCCNS(=O)(=O)C1=CC(CO)=NC1)c1cc(-c2ccccc2)on1.O=C(O)c1cc(-c2ccccc2)on1. The lowest BCUT2D eigenvalue weighted by molar-refractivity contribution is -0.111. The highest BCUT2D eigenvalue weighted by Crippen LogP contribution is 2.24. The predicted molar refractivity (Wildman–Crippen MR) is 482 cm³/mol. The minimum atomic E-state index is -3.88. The summed E-state index contributed by atoms with van der Waals surface area (Å²) in [5.74, 6) is -3.11. The lowest BCUT2D eigenvalue weighted by atomic mass is 10.1. The number of carboxylic acids is 1. The summed E-state index contributed by atoms with van der Waals surface area (Å²) in [5.41, 5.74) is 18.5. The third-order valence-corrected chi connectivity index (χ3v) is 22.8. The number of aliphatic imine (C=N–C) groups is 2. The Labute approximate surface area is 772 Å². The van der Waals surface area contributed by atoms with Gasteiger partial charge in [0.2, 0.25) is 20.0 Å². The molecule has 0 saturated carbocycles. The number of carboxylic acid groups (broad SMARTS) is 1. The van der Waals surface area contributed by atoms with Gasteiger partial charge in [-0.05, 0) is 59.2 Å². The average molecular weight is 1990 g/mol. The molecule has 0 saturated heterocycles. The van der Waals surface area contributed by atoms with Gasteiger partial charge in [0, 0.05) is 123 Å². The molecule has 2 amide bonds. The van der Waals surface area contributed by atoms with Gasteiger partial charge in [0.1, 0.15) is 17.2 Å². The lowest BCUT2D eigenvalue weighted by Gasteiger charge is -2.07. The molecule has 722 valence electrons. The van der Waals surface area contributed by atoms with Crippen LogP contribution in [0.5, 0.6) is 0 Å². The van der Waals surface area contributed by atoms with Crippen LogP contribution in [-0.4, -0.2) is 266 Å². The van der Waals surface area contributed by atoms with E-state index in [1.165, 1.54) is 43.3 Å². The monoisotopic (exact) mass is 1990 g/mol. The molecule has 0 aliphatic carbocycles. The summed E-state index contributed by atoms with van der Waals surface area (Å²) in [5, 5.41) is 56.2. The number of aromatic carboxylic acids is 1. The molecule has 0 bridgehead atoms. The molecule has 0 atom stereocenters. The Hall–Kier alpha value is -13.2. The number of aliphatic hydroxyl groups is 1. The minimum Gasteiger partial charge on any atom is -0.476 e. The molecule has 3 aromatic carbocycles. The molecule has 10 aromatic rings. The van der Waals surface area contributed by atoms with Crippen molar-refractivity contribution in [3.63, 3.8) is 0 Å². The van der Waals surface area contributed by atoms with Gasteiger partial charge in [-0.15, -0.1) is 12.4 Å². The third-order valence-electron chi connectivity index (χ3n) is 15.8. The summed E-state index contributed by atoms with van der Waals surface area (Å²) >= 11 is 0. The summed E-state index contributed by atoms with van der Waals surface area (Å²) in [6.07, 6.45) is 4.36. The number of nitrogens with two attached hydrogens (primary N) is 3. The number of rotatable bonds is 36. The highest BCUT2D eigenvalue weighted by Gasteiger charge is 2.27. The maximum atomic E-state index is 12.2. The van der Waals surface area contributed by atoms with Crippen molar-refractivity contribution in [1.29, 1.82) is 0 Å². The first kappa shape index (κ1) is 112. The molecular weight excluding hydrogens is 1900 g/mol. The van der Waals surface area contributed by atoms with Crippen molar-refractivity contribution in [2.75, 3.05) is 104 Å². The molecule has 18 N–H and O–H groups in total. The first-order chi connectivity index (χ1) is 62.7. The molecule has 0 unspecified atom stereocenters. The second kappa shape index (κ2) is 56.5. The minimum absolute atomic E-state index is 0. The van der Waals surface area contributed by atoms with Crippen LogP contribution in [-0.2, 0) is 72.9 Å². The number of halogens is 2. The number of allylic oxidation sites excluding steroid dienone is 1. The van der Waals surface area contributed by atoms with Gasteiger partial charge >= 0.3 is 29.8 Å². The zero-order valence-corrected chi connectivity index (χ0v) is 77.7. The number of ether oxygens (including phenoxy) is 4. The number of amides is 2. The van der Waals surface area contributed by atoms with Crippen LogP contribution < -0.4 is 46.7 Å². The van der Waals surface area contributed by atoms with Gasteiger partial charge in [-0.3, -0.25) is 44.8 Å². The van der Waals surface area contributed by atoms with E-state index in [0.29, 0.717) is 42.6 Å². The van der Waals surface area contributed by atoms with Crippen molar-refractivity contribution in [2.45, 2.75) is 76.4 Å². The van der Waals surface area contributed by atoms with Crippen LogP contribution in [0.3, 0.4) is 0 Å². The van der Waals surface area contributed by atoms with E-state index >= 15 is 0 Å². The van der Waals surface area contributed by atoms with Crippen LogP contribution in [0.1, 0.15) is 135 Å². The summed E-state index contributed by atoms with van der Waals surface area (Å²) < 4.78 is 160. The standard InChI is InChI=1S/C18H18N4O5S.C17H18N4O5S.C10H7NO3.C9H15N3O4S.C8H14N4O4S.C6H7ClN2O4S.C6H9N3O2.C3H9N.ClH/c1-12(23)15-9-14(11-20-15)28(25,26)21-8-7-19-18(24)16-10-17(27-22-16)13-5-3-2-4-6-13;22-11-13-8-14(10-19-13)27(24,25)20-7-6-18-17(23)15-9-16(26-21-15)12-4-2-1-3-5-12;12-10(13)8-6-9(14-11-8)7-4-2-1-3-5-7;1-3-5-10-17(14,15)8-6-7(11-12-8)9(13)16-4-2;1-2-16-8(13)6-5-7(12-11-6)17(14,15)10-4-3-9;1-2-13-6(10)4-3-5(9-8-4)14(7,11)12;1-2-11-6(10)4-3-5(7)9-8-4;1-2-3-4;/h2-6,9-10,21H,7-8,11H2,1H3,(H,19,24);1-5,8-9,20,22H,6-7,10-11H2,(H,18,23);1-6H,(H,12,13);6,10H,3-5H2,1-2H3,(H,11,12);5,10H,2-4,9H2,1H3,(H,11,12);3H,2H2,1H3,(H,8,9);3H,2H2,1H3,(H3,7,8,9);2-4H2,1H3;1H. The van der Waals surface area contributed by atoms with Crippen molar-refractivity contribution in [1.82, 2.24) is 85.8 Å². The fraction of sp³-hybridized carbons (Fsp3) is 0.312. The Kier molecular flexibility index (Phi) is 47.6. The van der Waals surface area contributed by atoms with Gasteiger partial charge in [0.05, 0.1) is 61.6 Å². The maximum absolute atomic E-state index is 12.2. The molecule has 12 rings (SSSR count). The summed E-state index contributed by atoms with van der Waals surface area (Å²) in [6.45, 7) is 14.0. The average Bonchev–Trinajstić information content (AvgIpc) is 1.71. The zero-order valence-electron chi connectivity index (χ0n) is 72.1. The van der Waals surface area contributed by atoms with E-state index in [1.54, 1.807) is 27.7 Å². The highest BCUT2D eigenvalue weighted by molar-refractivity contribution is 8.13. The van der Waals surface area contributed by atoms with E-state index in [0.717, 1.165) is 47.9 Å².